The summed E-state index contributed by atoms with van der Waals surface area (Å²) in [5.74, 6) is 0.382. The number of nitrogens with zero attached hydrogens (tertiary/aromatic N) is 1. The van der Waals surface area contributed by atoms with Crippen molar-refractivity contribution in [2.24, 2.45) is 0 Å². The van der Waals surface area contributed by atoms with E-state index in [1.54, 1.807) is 37.4 Å². The molecule has 0 fully saturated rings. The van der Waals surface area contributed by atoms with Crippen molar-refractivity contribution in [3.05, 3.63) is 75.9 Å². The van der Waals surface area contributed by atoms with Gasteiger partial charge in [-0.25, -0.2) is 4.98 Å². The lowest BCUT2D eigenvalue weighted by Crippen LogP contribution is -2.09. The number of pyridine rings is 1. The number of aryl methyl sites for hydroxylation is 1. The summed E-state index contributed by atoms with van der Waals surface area (Å²) in [6.07, 6.45) is 0.0370. The second-order valence-electron chi connectivity index (χ2n) is 7.89. The molecular weight excluding hydrogens is 470 g/mol. The monoisotopic (exact) mass is 497 g/mol. The average Bonchev–Trinajstić information content (AvgIpc) is 2.87. The van der Waals surface area contributed by atoms with E-state index in [-0.39, 0.29) is 43.3 Å². The molecule has 1 N–H and O–H groups in total. The van der Waals surface area contributed by atoms with Crippen LogP contribution >= 0.6 is 11.6 Å². The number of aliphatic hydroxyl groups excluding tert-OH is 1. The number of rotatable bonds is 12. The molecule has 0 saturated heterocycles. The smallest absolute Gasteiger partial charge is 0.181 e. The van der Waals surface area contributed by atoms with Crippen LogP contribution in [-0.2, 0) is 11.3 Å². The second kappa shape index (κ2) is 12.4. The highest BCUT2D eigenvalue weighted by molar-refractivity contribution is 6.31. The van der Waals surface area contributed by atoms with E-state index in [1.165, 1.54) is 7.11 Å². The highest BCUT2D eigenvalue weighted by Gasteiger charge is 2.17. The van der Waals surface area contributed by atoms with Crippen molar-refractivity contribution < 1.29 is 28.9 Å². The van der Waals surface area contributed by atoms with Gasteiger partial charge >= 0.3 is 0 Å². The molecule has 0 aliphatic carbocycles. The van der Waals surface area contributed by atoms with Crippen LogP contribution in [0.4, 0.5) is 0 Å². The van der Waals surface area contributed by atoms with Crippen molar-refractivity contribution in [3.8, 4) is 22.8 Å². The number of halogens is 1. The van der Waals surface area contributed by atoms with E-state index < -0.39 is 0 Å². The van der Waals surface area contributed by atoms with Crippen LogP contribution in [-0.4, -0.2) is 49.1 Å². The van der Waals surface area contributed by atoms with E-state index in [1.807, 2.05) is 25.1 Å². The van der Waals surface area contributed by atoms with Gasteiger partial charge in [0.25, 0.3) is 0 Å². The molecule has 0 spiro atoms. The van der Waals surface area contributed by atoms with Crippen molar-refractivity contribution in [3.63, 3.8) is 0 Å². The molecule has 0 atom stereocenters. The first-order chi connectivity index (χ1) is 16.9. The number of benzene rings is 2. The topological polar surface area (TPSA) is 95.0 Å². The van der Waals surface area contributed by atoms with Gasteiger partial charge in [-0.1, -0.05) is 23.7 Å². The Morgan fingerprint density at radius 1 is 0.971 bits per heavy atom. The Labute approximate surface area is 209 Å². The number of aromatic nitrogens is 1. The van der Waals surface area contributed by atoms with E-state index in [0.717, 1.165) is 16.7 Å². The standard InChI is InChI=1S/C27H28ClNO6/c1-17-14-19(4-7-21(17)28)27-20(16-33-2)5-8-22(29-27)24(32)10-9-23(31)18-6-11-25(35-13-12-30)26(15-18)34-3/h4-8,11,14-15,30H,9-10,12-13,16H2,1-3H3. The third kappa shape index (κ3) is 6.66. The molecule has 0 unspecified atom stereocenters. The van der Waals surface area contributed by atoms with Crippen LogP contribution in [0.2, 0.25) is 5.02 Å². The Kier molecular flexibility index (Phi) is 9.37. The zero-order valence-corrected chi connectivity index (χ0v) is 20.7. The Hall–Kier alpha value is -3.26. The molecule has 8 heteroatoms. The second-order valence-corrected chi connectivity index (χ2v) is 8.29. The molecule has 184 valence electrons. The molecule has 0 saturated carbocycles. The minimum Gasteiger partial charge on any atom is -0.493 e. The van der Waals surface area contributed by atoms with Crippen LogP contribution in [0, 0.1) is 6.92 Å². The fourth-order valence-electron chi connectivity index (χ4n) is 3.57. The van der Waals surface area contributed by atoms with Crippen LogP contribution < -0.4 is 9.47 Å². The van der Waals surface area contributed by atoms with Crippen LogP contribution in [0.5, 0.6) is 11.5 Å². The molecule has 0 bridgehead atoms. The molecule has 0 aliphatic rings. The molecule has 7 nitrogen and oxygen atoms in total. The van der Waals surface area contributed by atoms with Crippen molar-refractivity contribution in [2.75, 3.05) is 27.4 Å². The van der Waals surface area contributed by atoms with E-state index >= 15 is 0 Å². The van der Waals surface area contributed by atoms with Gasteiger partial charge in [-0.05, 0) is 48.9 Å². The number of hydrogen-bond donors (Lipinski definition) is 1. The number of Topliss-reactive ketones (excluding diaryl/α,β-unsaturated/α-hetero) is 2. The number of carbonyl (C=O) groups excluding carboxylic acids is 2. The summed E-state index contributed by atoms with van der Waals surface area (Å²) in [6, 6.07) is 13.8. The lowest BCUT2D eigenvalue weighted by atomic mass is 10.0. The lowest BCUT2D eigenvalue weighted by molar-refractivity contribution is 0.0914. The summed E-state index contributed by atoms with van der Waals surface area (Å²) >= 11 is 6.17. The van der Waals surface area contributed by atoms with E-state index in [2.05, 4.69) is 4.98 Å². The minimum absolute atomic E-state index is 0.0135. The summed E-state index contributed by atoms with van der Waals surface area (Å²) in [7, 11) is 3.07. The minimum atomic E-state index is -0.232. The predicted molar refractivity (Wildman–Crippen MR) is 134 cm³/mol. The van der Waals surface area contributed by atoms with Crippen LogP contribution in [0.3, 0.4) is 0 Å². The molecule has 3 rings (SSSR count). The normalized spacial score (nSPS) is 10.8. The first kappa shape index (κ1) is 26.3. The average molecular weight is 498 g/mol. The third-order valence-corrected chi connectivity index (χ3v) is 5.83. The molecule has 1 heterocycles. The maximum Gasteiger partial charge on any atom is 0.181 e. The van der Waals surface area contributed by atoms with Crippen LogP contribution in [0.25, 0.3) is 11.3 Å². The Balaban J connectivity index is 1.76. The summed E-state index contributed by atoms with van der Waals surface area (Å²) in [5.41, 5.74) is 3.92. The number of methoxy groups -OCH3 is 2. The fraction of sp³-hybridized carbons (Fsp3) is 0.296. The predicted octanol–water partition coefficient (Wildman–Crippen LogP) is 5.08. The van der Waals surface area contributed by atoms with Gasteiger partial charge in [0, 0.05) is 41.7 Å². The molecule has 3 aromatic rings. The summed E-state index contributed by atoms with van der Waals surface area (Å²) in [4.78, 5) is 30.3. The van der Waals surface area contributed by atoms with Gasteiger partial charge in [0.2, 0.25) is 0 Å². The Bertz CT molecular complexity index is 1210. The molecule has 0 radical (unpaired) electrons. The summed E-state index contributed by atoms with van der Waals surface area (Å²) < 4.78 is 16.0. The zero-order valence-electron chi connectivity index (χ0n) is 20.0. The summed E-state index contributed by atoms with van der Waals surface area (Å²) in [5, 5.41) is 9.58. The lowest BCUT2D eigenvalue weighted by Gasteiger charge is -2.12. The van der Waals surface area contributed by atoms with Gasteiger partial charge in [-0.2, -0.15) is 0 Å². The maximum atomic E-state index is 12.9. The van der Waals surface area contributed by atoms with Gasteiger partial charge in [-0.15, -0.1) is 0 Å². The highest BCUT2D eigenvalue weighted by atomic mass is 35.5. The van der Waals surface area contributed by atoms with Crippen molar-refractivity contribution >= 4 is 23.2 Å². The largest absolute Gasteiger partial charge is 0.493 e. The molecule has 0 amide bonds. The van der Waals surface area contributed by atoms with Crippen LogP contribution in [0.1, 0.15) is 44.8 Å². The van der Waals surface area contributed by atoms with Gasteiger partial charge in [-0.3, -0.25) is 9.59 Å². The Morgan fingerprint density at radius 3 is 2.43 bits per heavy atom. The van der Waals surface area contributed by atoms with Gasteiger partial charge in [0.1, 0.15) is 12.3 Å². The third-order valence-electron chi connectivity index (χ3n) is 5.41. The highest BCUT2D eigenvalue weighted by Crippen LogP contribution is 2.29. The number of hydrogen-bond acceptors (Lipinski definition) is 7. The van der Waals surface area contributed by atoms with Crippen molar-refractivity contribution in [2.45, 2.75) is 26.4 Å². The van der Waals surface area contributed by atoms with E-state index in [0.29, 0.717) is 34.4 Å². The van der Waals surface area contributed by atoms with Gasteiger partial charge in [0.15, 0.2) is 23.1 Å². The van der Waals surface area contributed by atoms with Crippen molar-refractivity contribution in [1.29, 1.82) is 0 Å². The SMILES string of the molecule is COCc1ccc(C(=O)CCC(=O)c2ccc(OCCO)c(OC)c2)nc1-c1ccc(Cl)c(C)c1. The fourth-order valence-corrected chi connectivity index (χ4v) is 3.69. The first-order valence-electron chi connectivity index (χ1n) is 11.1. The molecule has 2 aromatic carbocycles. The van der Waals surface area contributed by atoms with Crippen molar-refractivity contribution in [1.82, 2.24) is 4.98 Å². The summed E-state index contributed by atoms with van der Waals surface area (Å²) in [6.45, 7) is 2.23. The Morgan fingerprint density at radius 2 is 1.74 bits per heavy atom. The number of carbonyl (C=O) groups is 2. The number of aliphatic hydroxyl groups is 1. The zero-order chi connectivity index (χ0) is 25.4. The molecule has 1 aromatic heterocycles. The maximum absolute atomic E-state index is 12.9. The quantitative estimate of drug-likeness (QED) is 0.348. The molecule has 35 heavy (non-hydrogen) atoms. The van der Waals surface area contributed by atoms with E-state index in [9.17, 15) is 9.59 Å². The van der Waals surface area contributed by atoms with Gasteiger partial charge in [0.05, 0.1) is 26.0 Å². The number of ether oxygens (including phenoxy) is 3. The molecule has 0 aliphatic heterocycles. The van der Waals surface area contributed by atoms with Crippen LogP contribution in [0.15, 0.2) is 48.5 Å². The number of ketones is 2. The molecular formula is C27H28ClNO6. The van der Waals surface area contributed by atoms with Gasteiger partial charge < -0.3 is 19.3 Å². The first-order valence-corrected chi connectivity index (χ1v) is 11.5. The van der Waals surface area contributed by atoms with E-state index in [4.69, 9.17) is 30.9 Å².